The number of nitrogen functional groups attached to an aromatic ring is 1. The Morgan fingerprint density at radius 1 is 1.16 bits per heavy atom. The number of ether oxygens (including phenoxy) is 1. The van der Waals surface area contributed by atoms with Crippen molar-refractivity contribution in [3.63, 3.8) is 0 Å². The Morgan fingerprint density at radius 3 is 2.62 bits per heavy atom. The first-order valence-electron chi connectivity index (χ1n) is 10.8. The second-order valence-corrected chi connectivity index (χ2v) is 9.94. The fourth-order valence-corrected chi connectivity index (χ4v) is 5.64. The number of sulfonamides is 1. The van der Waals surface area contributed by atoms with Crippen molar-refractivity contribution in [3.05, 3.63) is 53.3 Å². The van der Waals surface area contributed by atoms with Crippen LogP contribution >= 0.6 is 0 Å². The number of nitrogens with zero attached hydrogens (tertiary/aromatic N) is 3. The first kappa shape index (κ1) is 22.3. The van der Waals surface area contributed by atoms with E-state index in [0.29, 0.717) is 42.2 Å². The van der Waals surface area contributed by atoms with Gasteiger partial charge in [0.05, 0.1) is 21.5 Å². The number of imidazole rings is 1. The largest absolute Gasteiger partial charge is 0.454 e. The minimum atomic E-state index is -3.55. The molecule has 3 aromatic rings. The van der Waals surface area contributed by atoms with Crippen molar-refractivity contribution in [2.24, 2.45) is 0 Å². The van der Waals surface area contributed by atoms with Crippen molar-refractivity contribution in [2.45, 2.75) is 51.2 Å². The molecule has 1 fully saturated rings. The van der Waals surface area contributed by atoms with Crippen LogP contribution in [-0.2, 0) is 27.9 Å². The summed E-state index contributed by atoms with van der Waals surface area (Å²) < 4.78 is 35.0. The minimum absolute atomic E-state index is 0.0387. The third-order valence-electron chi connectivity index (χ3n) is 5.94. The molecule has 1 aliphatic rings. The van der Waals surface area contributed by atoms with E-state index in [4.69, 9.17) is 10.5 Å². The van der Waals surface area contributed by atoms with Crippen LogP contribution in [0.5, 0.6) is 0 Å². The fraction of sp³-hybridized carbons (Fsp3) is 0.391. The molecule has 0 unspecified atom stereocenters. The lowest BCUT2D eigenvalue weighted by Gasteiger charge is -2.25. The van der Waals surface area contributed by atoms with Crippen LogP contribution in [-0.4, -0.2) is 41.3 Å². The highest BCUT2D eigenvalue weighted by Gasteiger charge is 2.27. The summed E-state index contributed by atoms with van der Waals surface area (Å²) in [5.74, 6) is 0.0314. The van der Waals surface area contributed by atoms with Gasteiger partial charge in [-0.05, 0) is 56.5 Å². The Labute approximate surface area is 188 Å². The average Bonchev–Trinajstić information content (AvgIpc) is 3.16. The van der Waals surface area contributed by atoms with E-state index in [9.17, 15) is 13.2 Å². The molecule has 1 aromatic heterocycles. The molecule has 32 heavy (non-hydrogen) atoms. The van der Waals surface area contributed by atoms with Crippen LogP contribution < -0.4 is 5.73 Å². The maximum atomic E-state index is 13.0. The van der Waals surface area contributed by atoms with Gasteiger partial charge in [-0.25, -0.2) is 18.2 Å². The lowest BCUT2D eigenvalue weighted by Crippen LogP contribution is -2.35. The highest BCUT2D eigenvalue weighted by molar-refractivity contribution is 7.89. The molecule has 1 saturated heterocycles. The van der Waals surface area contributed by atoms with Gasteiger partial charge in [0.2, 0.25) is 10.0 Å². The summed E-state index contributed by atoms with van der Waals surface area (Å²) in [5.41, 5.74) is 8.89. The Hall–Kier alpha value is -2.91. The highest BCUT2D eigenvalue weighted by atomic mass is 32.2. The van der Waals surface area contributed by atoms with E-state index >= 15 is 0 Å². The first-order valence-corrected chi connectivity index (χ1v) is 12.3. The number of benzene rings is 2. The van der Waals surface area contributed by atoms with Gasteiger partial charge in [0, 0.05) is 25.3 Å². The molecule has 0 aliphatic carbocycles. The van der Waals surface area contributed by atoms with Gasteiger partial charge in [-0.2, -0.15) is 4.31 Å². The molecule has 2 aromatic carbocycles. The molecule has 2 heterocycles. The molecule has 0 bridgehead atoms. The van der Waals surface area contributed by atoms with Crippen molar-refractivity contribution >= 4 is 32.7 Å². The second-order valence-electron chi connectivity index (χ2n) is 8.00. The topological polar surface area (TPSA) is 108 Å². The summed E-state index contributed by atoms with van der Waals surface area (Å²) in [4.78, 5) is 17.4. The molecule has 0 radical (unpaired) electrons. The number of hydrogen-bond donors (Lipinski definition) is 1. The standard InChI is InChI=1S/C23H28N4O4S/c1-3-27-20-11-10-17(32(29,30)26-12-5-4-6-13-26)14-19(20)25-21(27)15-31-23(28)18-9-7-8-16(2)22(18)24/h7-11,14H,3-6,12-13,15,24H2,1-2H3. The van der Waals surface area contributed by atoms with Crippen LogP contribution in [0.3, 0.4) is 0 Å². The SMILES string of the molecule is CCn1c(COC(=O)c2cccc(C)c2N)nc2cc(S(=O)(=O)N3CCCCC3)ccc21. The summed E-state index contributed by atoms with van der Waals surface area (Å²) in [6.07, 6.45) is 2.82. The quantitative estimate of drug-likeness (QED) is 0.449. The maximum absolute atomic E-state index is 13.0. The summed E-state index contributed by atoms with van der Waals surface area (Å²) in [5, 5.41) is 0. The van der Waals surface area contributed by atoms with Gasteiger partial charge in [0.1, 0.15) is 12.4 Å². The van der Waals surface area contributed by atoms with Crippen LogP contribution in [0.1, 0.15) is 47.9 Å². The Morgan fingerprint density at radius 2 is 1.91 bits per heavy atom. The van der Waals surface area contributed by atoms with E-state index in [1.807, 2.05) is 24.5 Å². The zero-order chi connectivity index (χ0) is 22.9. The average molecular weight is 457 g/mol. The van der Waals surface area contributed by atoms with E-state index in [0.717, 1.165) is 30.3 Å². The van der Waals surface area contributed by atoms with Crippen molar-refractivity contribution in [1.82, 2.24) is 13.9 Å². The third-order valence-corrected chi connectivity index (χ3v) is 7.84. The second kappa shape index (κ2) is 8.91. The van der Waals surface area contributed by atoms with Crippen LogP contribution in [0, 0.1) is 6.92 Å². The number of anilines is 1. The van der Waals surface area contributed by atoms with Crippen LogP contribution in [0.15, 0.2) is 41.3 Å². The van der Waals surface area contributed by atoms with Crippen LogP contribution in [0.25, 0.3) is 11.0 Å². The molecular weight excluding hydrogens is 428 g/mol. The molecule has 1 aliphatic heterocycles. The molecular formula is C23H28N4O4S. The zero-order valence-corrected chi connectivity index (χ0v) is 19.2. The fourth-order valence-electron chi connectivity index (χ4n) is 4.10. The van der Waals surface area contributed by atoms with Crippen LogP contribution in [0.4, 0.5) is 5.69 Å². The normalized spacial score (nSPS) is 15.2. The number of aromatic nitrogens is 2. The smallest absolute Gasteiger partial charge is 0.340 e. The lowest BCUT2D eigenvalue weighted by atomic mass is 10.1. The number of piperidine rings is 1. The van der Waals surface area contributed by atoms with Gasteiger partial charge >= 0.3 is 5.97 Å². The number of carbonyl (C=O) groups excluding carboxylic acids is 1. The molecule has 0 spiro atoms. The van der Waals surface area contributed by atoms with Gasteiger partial charge in [-0.1, -0.05) is 18.6 Å². The maximum Gasteiger partial charge on any atom is 0.340 e. The summed E-state index contributed by atoms with van der Waals surface area (Å²) in [6.45, 7) is 5.46. The monoisotopic (exact) mass is 456 g/mol. The van der Waals surface area contributed by atoms with Gasteiger partial charge in [-0.3, -0.25) is 0 Å². The van der Waals surface area contributed by atoms with E-state index in [2.05, 4.69) is 4.98 Å². The summed E-state index contributed by atoms with van der Waals surface area (Å²) in [7, 11) is -3.55. The number of carbonyl (C=O) groups is 1. The van der Waals surface area contributed by atoms with Gasteiger partial charge in [-0.15, -0.1) is 0 Å². The number of rotatable bonds is 6. The Bertz CT molecular complexity index is 1260. The number of hydrogen-bond acceptors (Lipinski definition) is 6. The minimum Gasteiger partial charge on any atom is -0.454 e. The molecule has 0 saturated carbocycles. The molecule has 8 nitrogen and oxygen atoms in total. The first-order chi connectivity index (χ1) is 15.3. The molecule has 9 heteroatoms. The molecule has 0 atom stereocenters. The van der Waals surface area contributed by atoms with Crippen molar-refractivity contribution in [1.29, 1.82) is 0 Å². The van der Waals surface area contributed by atoms with Gasteiger partial charge < -0.3 is 15.0 Å². The predicted octanol–water partition coefficient (Wildman–Crippen LogP) is 3.48. The highest BCUT2D eigenvalue weighted by Crippen LogP contribution is 2.25. The van der Waals surface area contributed by atoms with Crippen molar-refractivity contribution in [2.75, 3.05) is 18.8 Å². The number of esters is 1. The van der Waals surface area contributed by atoms with E-state index < -0.39 is 16.0 Å². The summed E-state index contributed by atoms with van der Waals surface area (Å²) >= 11 is 0. The van der Waals surface area contributed by atoms with E-state index in [-0.39, 0.29) is 11.5 Å². The molecule has 4 rings (SSSR count). The van der Waals surface area contributed by atoms with Crippen molar-refractivity contribution in [3.8, 4) is 0 Å². The number of nitrogens with two attached hydrogens (primary N) is 1. The number of aryl methyl sites for hydroxylation is 2. The number of para-hydroxylation sites is 1. The lowest BCUT2D eigenvalue weighted by molar-refractivity contribution is 0.0460. The van der Waals surface area contributed by atoms with E-state index in [1.54, 1.807) is 34.6 Å². The van der Waals surface area contributed by atoms with E-state index in [1.165, 1.54) is 0 Å². The van der Waals surface area contributed by atoms with Crippen molar-refractivity contribution < 1.29 is 17.9 Å². The third kappa shape index (κ3) is 4.10. The number of fused-ring (bicyclic) bond motifs is 1. The summed E-state index contributed by atoms with van der Waals surface area (Å²) in [6, 6.07) is 10.2. The van der Waals surface area contributed by atoms with Gasteiger partial charge in [0.25, 0.3) is 0 Å². The zero-order valence-electron chi connectivity index (χ0n) is 18.4. The van der Waals surface area contributed by atoms with Crippen LogP contribution in [0.2, 0.25) is 0 Å². The Kier molecular flexibility index (Phi) is 6.21. The van der Waals surface area contributed by atoms with Gasteiger partial charge in [0.15, 0.2) is 0 Å². The predicted molar refractivity (Wildman–Crippen MR) is 123 cm³/mol. The molecule has 170 valence electrons. The molecule has 2 N–H and O–H groups in total. The molecule has 0 amide bonds. The Balaban J connectivity index is 1.60.